The number of hydrogen-bond acceptors (Lipinski definition) is 4. The Morgan fingerprint density at radius 2 is 2.27 bits per heavy atom. The van der Waals surface area contributed by atoms with Gasteiger partial charge in [-0.15, -0.1) is 0 Å². The Morgan fingerprint density at radius 1 is 1.45 bits per heavy atom. The minimum Gasteiger partial charge on any atom is -0.379 e. The van der Waals surface area contributed by atoms with Crippen LogP contribution in [0.4, 0.5) is 4.39 Å². The fourth-order valence-corrected chi connectivity index (χ4v) is 2.86. The zero-order valence-corrected chi connectivity index (χ0v) is 12.4. The van der Waals surface area contributed by atoms with Crippen LogP contribution in [0.15, 0.2) is 24.4 Å². The number of likely N-dealkylation sites (tertiary alicyclic amines) is 1. The van der Waals surface area contributed by atoms with Gasteiger partial charge in [0.2, 0.25) is 0 Å². The maximum Gasteiger partial charge on any atom is 0.254 e. The van der Waals surface area contributed by atoms with Gasteiger partial charge >= 0.3 is 0 Å². The highest BCUT2D eigenvalue weighted by atomic mass is 19.1. The Hall–Kier alpha value is -2.28. The molecular formula is C15H17FN4O2. The van der Waals surface area contributed by atoms with Gasteiger partial charge < -0.3 is 9.64 Å². The fraction of sp³-hybridized carbons (Fsp3) is 0.400. The Labute approximate surface area is 127 Å². The van der Waals surface area contributed by atoms with E-state index in [1.807, 2.05) is 0 Å². The highest BCUT2D eigenvalue weighted by Gasteiger charge is 2.38. The average molecular weight is 304 g/mol. The minimum absolute atomic E-state index is 0.0402. The minimum atomic E-state index is -0.374. The Balaban J connectivity index is 1.84. The van der Waals surface area contributed by atoms with Crippen molar-refractivity contribution in [3.63, 3.8) is 0 Å². The number of aromatic amines is 1. The lowest BCUT2D eigenvalue weighted by molar-refractivity contribution is 0.0713. The van der Waals surface area contributed by atoms with Crippen LogP contribution >= 0.6 is 0 Å². The van der Waals surface area contributed by atoms with Crippen LogP contribution in [0.2, 0.25) is 0 Å². The third kappa shape index (κ3) is 2.48. The van der Waals surface area contributed by atoms with E-state index in [0.717, 1.165) is 5.69 Å². The second kappa shape index (κ2) is 5.84. The van der Waals surface area contributed by atoms with Crippen molar-refractivity contribution in [1.82, 2.24) is 20.3 Å². The van der Waals surface area contributed by atoms with Gasteiger partial charge in [0.15, 0.2) is 0 Å². The second-order valence-corrected chi connectivity index (χ2v) is 5.40. The summed E-state index contributed by atoms with van der Waals surface area (Å²) in [5.41, 5.74) is 1.51. The summed E-state index contributed by atoms with van der Waals surface area (Å²) in [6.07, 6.45) is 1.49. The third-order valence-electron chi connectivity index (χ3n) is 4.17. The molecule has 116 valence electrons. The standard InChI is InChI=1S/C15H17FN4O2/c1-9-10(4-3-5-12(9)16)15(21)20-7-11(14(8-20)22-2)13-6-17-19-18-13/h3-6,11,14H,7-8H2,1-2H3,(H,17,18,19)/t11-,14+/m0/s1. The van der Waals surface area contributed by atoms with E-state index in [9.17, 15) is 9.18 Å². The number of H-pyrrole nitrogens is 1. The van der Waals surface area contributed by atoms with Crippen molar-refractivity contribution in [2.75, 3.05) is 20.2 Å². The molecule has 2 atom stereocenters. The van der Waals surface area contributed by atoms with Crippen molar-refractivity contribution in [3.8, 4) is 0 Å². The summed E-state index contributed by atoms with van der Waals surface area (Å²) in [6.45, 7) is 2.53. The molecule has 1 aromatic heterocycles. The van der Waals surface area contributed by atoms with Crippen LogP contribution in [0.3, 0.4) is 0 Å². The molecule has 1 saturated heterocycles. The summed E-state index contributed by atoms with van der Waals surface area (Å²) in [5.74, 6) is -0.604. The number of rotatable bonds is 3. The Morgan fingerprint density at radius 3 is 2.95 bits per heavy atom. The number of aromatic nitrogens is 3. The van der Waals surface area contributed by atoms with Gasteiger partial charge in [0, 0.05) is 25.8 Å². The number of ether oxygens (including phenoxy) is 1. The molecule has 3 rings (SSSR count). The number of hydrogen-bond donors (Lipinski definition) is 1. The number of benzene rings is 1. The van der Waals surface area contributed by atoms with Crippen LogP contribution in [0.1, 0.15) is 27.5 Å². The van der Waals surface area contributed by atoms with Crippen LogP contribution in [0.5, 0.6) is 0 Å². The number of nitrogens with zero attached hydrogens (tertiary/aromatic N) is 3. The molecule has 1 amide bonds. The van der Waals surface area contributed by atoms with E-state index in [1.165, 1.54) is 6.07 Å². The topological polar surface area (TPSA) is 71.1 Å². The molecule has 0 saturated carbocycles. The monoisotopic (exact) mass is 304 g/mol. The number of nitrogens with one attached hydrogen (secondary N) is 1. The van der Waals surface area contributed by atoms with Crippen LogP contribution < -0.4 is 0 Å². The van der Waals surface area contributed by atoms with Crippen molar-refractivity contribution in [2.45, 2.75) is 18.9 Å². The van der Waals surface area contributed by atoms with Gasteiger partial charge in [-0.05, 0) is 24.6 Å². The van der Waals surface area contributed by atoms with Crippen molar-refractivity contribution < 1.29 is 13.9 Å². The summed E-state index contributed by atoms with van der Waals surface area (Å²) < 4.78 is 19.1. The lowest BCUT2D eigenvalue weighted by Crippen LogP contribution is -2.30. The number of carbonyl (C=O) groups is 1. The molecular weight excluding hydrogens is 287 g/mol. The molecule has 6 nitrogen and oxygen atoms in total. The highest BCUT2D eigenvalue weighted by Crippen LogP contribution is 2.29. The Bertz CT molecular complexity index is 674. The summed E-state index contributed by atoms with van der Waals surface area (Å²) in [5, 5.41) is 10.5. The van der Waals surface area contributed by atoms with Gasteiger partial charge in [-0.3, -0.25) is 4.79 Å². The molecule has 2 heterocycles. The first-order valence-electron chi connectivity index (χ1n) is 7.04. The molecule has 0 spiro atoms. The quantitative estimate of drug-likeness (QED) is 0.933. The first-order valence-corrected chi connectivity index (χ1v) is 7.04. The first kappa shape index (κ1) is 14.6. The Kier molecular flexibility index (Phi) is 3.89. The molecule has 22 heavy (non-hydrogen) atoms. The molecule has 2 aromatic rings. The van der Waals surface area contributed by atoms with Crippen LogP contribution in [0, 0.1) is 12.7 Å². The highest BCUT2D eigenvalue weighted by molar-refractivity contribution is 5.96. The van der Waals surface area contributed by atoms with E-state index in [0.29, 0.717) is 24.2 Å². The maximum atomic E-state index is 13.7. The van der Waals surface area contributed by atoms with Gasteiger partial charge in [0.25, 0.3) is 5.91 Å². The number of methoxy groups -OCH3 is 1. The number of halogens is 1. The maximum absolute atomic E-state index is 13.7. The molecule has 1 N–H and O–H groups in total. The molecule has 0 bridgehead atoms. The zero-order chi connectivity index (χ0) is 15.7. The summed E-state index contributed by atoms with van der Waals surface area (Å²) in [7, 11) is 1.61. The second-order valence-electron chi connectivity index (χ2n) is 5.40. The van der Waals surface area contributed by atoms with Gasteiger partial charge in [0.05, 0.1) is 23.9 Å². The molecule has 1 aliphatic heterocycles. The lowest BCUT2D eigenvalue weighted by atomic mass is 10.0. The molecule has 0 unspecified atom stereocenters. The largest absolute Gasteiger partial charge is 0.379 e. The summed E-state index contributed by atoms with van der Waals surface area (Å²) >= 11 is 0. The van der Waals surface area contributed by atoms with Crippen LogP contribution in [0.25, 0.3) is 0 Å². The van der Waals surface area contributed by atoms with Gasteiger partial charge in [-0.2, -0.15) is 15.4 Å². The van der Waals surface area contributed by atoms with E-state index >= 15 is 0 Å². The van der Waals surface area contributed by atoms with E-state index in [4.69, 9.17) is 4.74 Å². The molecule has 0 aliphatic carbocycles. The van der Waals surface area contributed by atoms with Gasteiger partial charge in [0.1, 0.15) is 5.82 Å². The van der Waals surface area contributed by atoms with Crippen molar-refractivity contribution in [1.29, 1.82) is 0 Å². The molecule has 1 fully saturated rings. The van der Waals surface area contributed by atoms with Crippen molar-refractivity contribution in [2.24, 2.45) is 0 Å². The van der Waals surface area contributed by atoms with E-state index in [1.54, 1.807) is 37.3 Å². The molecule has 1 aliphatic rings. The van der Waals surface area contributed by atoms with Crippen molar-refractivity contribution >= 4 is 5.91 Å². The van der Waals surface area contributed by atoms with Crippen molar-refractivity contribution in [3.05, 3.63) is 47.0 Å². The average Bonchev–Trinajstić information content (AvgIpc) is 3.17. The van der Waals surface area contributed by atoms with Crippen LogP contribution in [-0.2, 0) is 4.74 Å². The van der Waals surface area contributed by atoms with E-state index < -0.39 is 0 Å². The SMILES string of the molecule is CO[C@@H]1CN(C(=O)c2cccc(F)c2C)C[C@H]1c1cn[nH]n1. The van der Waals surface area contributed by atoms with Gasteiger partial charge in [-0.1, -0.05) is 6.07 Å². The fourth-order valence-electron chi connectivity index (χ4n) is 2.86. The normalized spacial score (nSPS) is 21.3. The molecule has 1 aromatic carbocycles. The number of carbonyl (C=O) groups excluding carboxylic acids is 1. The summed E-state index contributed by atoms with van der Waals surface area (Å²) in [6, 6.07) is 4.55. The first-order chi connectivity index (χ1) is 10.6. The third-order valence-corrected chi connectivity index (χ3v) is 4.17. The predicted octanol–water partition coefficient (Wildman–Crippen LogP) is 1.51. The van der Waals surface area contributed by atoms with Gasteiger partial charge in [-0.25, -0.2) is 4.39 Å². The van der Waals surface area contributed by atoms with Crippen LogP contribution in [-0.4, -0.2) is 52.5 Å². The lowest BCUT2D eigenvalue weighted by Gasteiger charge is -2.17. The van der Waals surface area contributed by atoms with E-state index in [-0.39, 0.29) is 23.7 Å². The predicted molar refractivity (Wildman–Crippen MR) is 77.0 cm³/mol. The molecule has 7 heteroatoms. The smallest absolute Gasteiger partial charge is 0.254 e. The number of amides is 1. The zero-order valence-electron chi connectivity index (χ0n) is 12.4. The summed E-state index contributed by atoms with van der Waals surface area (Å²) in [4.78, 5) is 14.3. The van der Waals surface area contributed by atoms with E-state index in [2.05, 4.69) is 15.4 Å². The molecule has 0 radical (unpaired) electrons.